The van der Waals surface area contributed by atoms with Gasteiger partial charge in [-0.05, 0) is 19.4 Å². The average molecular weight is 256 g/mol. The van der Waals surface area contributed by atoms with Crippen LogP contribution in [-0.2, 0) is 0 Å². The highest BCUT2D eigenvalue weighted by Crippen LogP contribution is 2.26. The maximum absolute atomic E-state index is 12.0. The molecule has 1 aromatic heterocycles. The largest absolute Gasteiger partial charge is 0.368 e. The second-order valence-electron chi connectivity index (χ2n) is 4.28. The number of hydrogen-bond donors (Lipinski definition) is 2. The Morgan fingerprint density at radius 3 is 2.53 bits per heavy atom. The minimum atomic E-state index is -0.212. The molecule has 0 saturated carbocycles. The van der Waals surface area contributed by atoms with Crippen molar-refractivity contribution in [3.8, 4) is 11.3 Å². The van der Waals surface area contributed by atoms with E-state index in [1.807, 2.05) is 31.2 Å². The van der Waals surface area contributed by atoms with Crippen LogP contribution in [-0.4, -0.2) is 22.9 Å². The maximum Gasteiger partial charge on any atom is 0.255 e. The molecule has 0 spiro atoms. The van der Waals surface area contributed by atoms with Crippen molar-refractivity contribution >= 4 is 11.9 Å². The van der Waals surface area contributed by atoms with Gasteiger partial charge in [0, 0.05) is 12.6 Å². The molecule has 0 aliphatic heterocycles. The lowest BCUT2D eigenvalue weighted by molar-refractivity contribution is 0.0962. The van der Waals surface area contributed by atoms with Gasteiger partial charge in [0.25, 0.3) is 5.91 Å². The minimum Gasteiger partial charge on any atom is -0.368 e. The van der Waals surface area contributed by atoms with E-state index in [1.165, 1.54) is 0 Å². The number of carbonyl (C=O) groups excluding carboxylic acids is 1. The highest BCUT2D eigenvalue weighted by atomic mass is 16.1. The summed E-state index contributed by atoms with van der Waals surface area (Å²) in [5.74, 6) is -0.0424. The molecule has 1 heterocycles. The van der Waals surface area contributed by atoms with E-state index in [0.717, 1.165) is 11.1 Å². The predicted octanol–water partition coefficient (Wildman–Crippen LogP) is 1.70. The van der Waals surface area contributed by atoms with E-state index in [0.29, 0.717) is 17.0 Å². The van der Waals surface area contributed by atoms with Gasteiger partial charge in [0.15, 0.2) is 0 Å². The SMILES string of the molecule is CNC(=O)c1c(C)nc(N)nc1-c1ccccc1C. The number of nitrogens with two attached hydrogens (primary N) is 1. The molecule has 98 valence electrons. The minimum absolute atomic E-state index is 0.170. The van der Waals surface area contributed by atoms with Crippen LogP contribution in [0, 0.1) is 13.8 Å². The van der Waals surface area contributed by atoms with E-state index in [-0.39, 0.29) is 11.9 Å². The van der Waals surface area contributed by atoms with E-state index in [1.54, 1.807) is 14.0 Å². The number of benzene rings is 1. The summed E-state index contributed by atoms with van der Waals surface area (Å²) in [6.45, 7) is 3.72. The Labute approximate surface area is 111 Å². The van der Waals surface area contributed by atoms with Crippen LogP contribution in [0.15, 0.2) is 24.3 Å². The second-order valence-corrected chi connectivity index (χ2v) is 4.28. The molecule has 0 aliphatic carbocycles. The third kappa shape index (κ3) is 2.40. The Morgan fingerprint density at radius 2 is 1.89 bits per heavy atom. The number of hydrogen-bond acceptors (Lipinski definition) is 4. The van der Waals surface area contributed by atoms with E-state index in [4.69, 9.17) is 5.73 Å². The molecule has 2 aromatic rings. The Bertz CT molecular complexity index is 637. The first kappa shape index (κ1) is 13.0. The van der Waals surface area contributed by atoms with Crippen molar-refractivity contribution in [2.24, 2.45) is 0 Å². The standard InChI is InChI=1S/C14H16N4O/c1-8-6-4-5-7-10(8)12-11(13(19)16-3)9(2)17-14(15)18-12/h4-7H,1-3H3,(H,16,19)(H2,15,17,18). The molecule has 2 rings (SSSR count). The van der Waals surface area contributed by atoms with Crippen molar-refractivity contribution in [1.29, 1.82) is 0 Å². The molecule has 0 unspecified atom stereocenters. The second kappa shape index (κ2) is 5.06. The molecular weight excluding hydrogens is 240 g/mol. The molecule has 5 nitrogen and oxygen atoms in total. The Morgan fingerprint density at radius 1 is 1.21 bits per heavy atom. The summed E-state index contributed by atoms with van der Waals surface area (Å²) in [6, 6.07) is 7.74. The summed E-state index contributed by atoms with van der Waals surface area (Å²) in [5, 5.41) is 2.61. The lowest BCUT2D eigenvalue weighted by Crippen LogP contribution is -2.22. The predicted molar refractivity (Wildman–Crippen MR) is 74.7 cm³/mol. The van der Waals surface area contributed by atoms with Gasteiger partial charge in [-0.25, -0.2) is 9.97 Å². The number of anilines is 1. The first-order valence-corrected chi connectivity index (χ1v) is 5.96. The van der Waals surface area contributed by atoms with Crippen LogP contribution in [0.25, 0.3) is 11.3 Å². The van der Waals surface area contributed by atoms with Crippen molar-refractivity contribution in [1.82, 2.24) is 15.3 Å². The molecule has 0 radical (unpaired) electrons. The molecule has 1 amide bonds. The highest BCUT2D eigenvalue weighted by Gasteiger charge is 2.19. The van der Waals surface area contributed by atoms with Crippen LogP contribution in [0.5, 0.6) is 0 Å². The number of carbonyl (C=O) groups is 1. The third-order valence-corrected chi connectivity index (χ3v) is 2.96. The van der Waals surface area contributed by atoms with Gasteiger partial charge in [0.2, 0.25) is 5.95 Å². The summed E-state index contributed by atoms with van der Waals surface area (Å²) in [7, 11) is 1.58. The molecule has 5 heteroatoms. The monoisotopic (exact) mass is 256 g/mol. The van der Waals surface area contributed by atoms with Crippen molar-refractivity contribution < 1.29 is 4.79 Å². The molecule has 0 atom stereocenters. The van der Waals surface area contributed by atoms with Crippen molar-refractivity contribution in [2.75, 3.05) is 12.8 Å². The Hall–Kier alpha value is -2.43. The van der Waals surface area contributed by atoms with Gasteiger partial charge >= 0.3 is 0 Å². The van der Waals surface area contributed by atoms with E-state index in [9.17, 15) is 4.79 Å². The maximum atomic E-state index is 12.0. The van der Waals surface area contributed by atoms with Crippen molar-refractivity contribution in [3.05, 3.63) is 41.1 Å². The van der Waals surface area contributed by atoms with E-state index >= 15 is 0 Å². The zero-order valence-corrected chi connectivity index (χ0v) is 11.2. The van der Waals surface area contributed by atoms with E-state index < -0.39 is 0 Å². The summed E-state index contributed by atoms with van der Waals surface area (Å²) in [4.78, 5) is 20.3. The number of nitrogens with one attached hydrogen (secondary N) is 1. The zero-order valence-electron chi connectivity index (χ0n) is 11.2. The fourth-order valence-corrected chi connectivity index (χ4v) is 2.02. The van der Waals surface area contributed by atoms with Gasteiger partial charge in [-0.3, -0.25) is 4.79 Å². The molecule has 1 aromatic carbocycles. The van der Waals surface area contributed by atoms with Gasteiger partial charge in [0.05, 0.1) is 17.0 Å². The summed E-state index contributed by atoms with van der Waals surface area (Å²) in [6.07, 6.45) is 0. The number of nitrogen functional groups attached to an aromatic ring is 1. The lowest BCUT2D eigenvalue weighted by atomic mass is 10.00. The summed E-state index contributed by atoms with van der Waals surface area (Å²) >= 11 is 0. The number of amides is 1. The van der Waals surface area contributed by atoms with Gasteiger partial charge in [-0.1, -0.05) is 24.3 Å². The molecule has 0 saturated heterocycles. The van der Waals surface area contributed by atoms with Crippen LogP contribution < -0.4 is 11.1 Å². The normalized spacial score (nSPS) is 10.3. The quantitative estimate of drug-likeness (QED) is 0.857. The van der Waals surface area contributed by atoms with Gasteiger partial charge < -0.3 is 11.1 Å². The number of rotatable bonds is 2. The van der Waals surface area contributed by atoms with Gasteiger partial charge in [0.1, 0.15) is 0 Å². The number of aromatic nitrogens is 2. The fourth-order valence-electron chi connectivity index (χ4n) is 2.02. The summed E-state index contributed by atoms with van der Waals surface area (Å²) in [5.41, 5.74) is 9.23. The summed E-state index contributed by atoms with van der Waals surface area (Å²) < 4.78 is 0. The first-order valence-electron chi connectivity index (χ1n) is 5.96. The van der Waals surface area contributed by atoms with Crippen LogP contribution in [0.3, 0.4) is 0 Å². The number of aryl methyl sites for hydroxylation is 2. The molecule has 0 bridgehead atoms. The van der Waals surface area contributed by atoms with Crippen molar-refractivity contribution in [3.63, 3.8) is 0 Å². The van der Waals surface area contributed by atoms with Crippen LogP contribution >= 0.6 is 0 Å². The fraction of sp³-hybridized carbons (Fsp3) is 0.214. The third-order valence-electron chi connectivity index (χ3n) is 2.96. The number of nitrogens with zero attached hydrogens (tertiary/aromatic N) is 2. The van der Waals surface area contributed by atoms with Crippen LogP contribution in [0.4, 0.5) is 5.95 Å². The smallest absolute Gasteiger partial charge is 0.255 e. The average Bonchev–Trinajstić information content (AvgIpc) is 2.37. The lowest BCUT2D eigenvalue weighted by Gasteiger charge is -2.12. The van der Waals surface area contributed by atoms with Crippen LogP contribution in [0.2, 0.25) is 0 Å². The van der Waals surface area contributed by atoms with Crippen LogP contribution in [0.1, 0.15) is 21.6 Å². The molecular formula is C14H16N4O. The Balaban J connectivity index is 2.75. The van der Waals surface area contributed by atoms with Gasteiger partial charge in [-0.2, -0.15) is 0 Å². The molecule has 19 heavy (non-hydrogen) atoms. The molecule has 0 fully saturated rings. The topological polar surface area (TPSA) is 80.9 Å². The zero-order chi connectivity index (χ0) is 14.0. The highest BCUT2D eigenvalue weighted by molar-refractivity contribution is 6.01. The van der Waals surface area contributed by atoms with E-state index in [2.05, 4.69) is 15.3 Å². The Kier molecular flexibility index (Phi) is 3.46. The van der Waals surface area contributed by atoms with Crippen molar-refractivity contribution in [2.45, 2.75) is 13.8 Å². The first-order chi connectivity index (χ1) is 9.04. The molecule has 0 aliphatic rings. The molecule has 3 N–H and O–H groups in total. The van der Waals surface area contributed by atoms with Gasteiger partial charge in [-0.15, -0.1) is 0 Å².